The molecule has 1 amide bonds. The molecule has 0 spiro atoms. The van der Waals surface area contributed by atoms with Gasteiger partial charge in [0.05, 0.1) is 5.56 Å². The van der Waals surface area contributed by atoms with Crippen molar-refractivity contribution in [2.24, 2.45) is 5.73 Å². The van der Waals surface area contributed by atoms with Crippen LogP contribution in [0.3, 0.4) is 0 Å². The molecule has 0 atom stereocenters. The number of nitrogens with two attached hydrogens (primary N) is 1. The first-order valence-corrected chi connectivity index (χ1v) is 8.34. The smallest absolute Gasteiger partial charge is 0.255 e. The number of H-pyrrole nitrogens is 1. The van der Waals surface area contributed by atoms with Gasteiger partial charge in [-0.3, -0.25) is 9.59 Å². The molecule has 0 aliphatic rings. The Morgan fingerprint density at radius 1 is 1.26 bits per heavy atom. The molecule has 0 fully saturated rings. The Balaban J connectivity index is 1.82. The lowest BCUT2D eigenvalue weighted by Crippen LogP contribution is -2.20. The highest BCUT2D eigenvalue weighted by molar-refractivity contribution is 6.31. The van der Waals surface area contributed by atoms with Crippen molar-refractivity contribution in [3.8, 4) is 11.8 Å². The van der Waals surface area contributed by atoms with Gasteiger partial charge in [0.15, 0.2) is 6.61 Å². The number of rotatable bonds is 6. The molecule has 3 aromatic rings. The lowest BCUT2D eigenvalue weighted by Gasteiger charge is -2.11. The maximum atomic E-state index is 12.2. The largest absolute Gasteiger partial charge is 0.482 e. The van der Waals surface area contributed by atoms with Gasteiger partial charge in [0.2, 0.25) is 0 Å². The van der Waals surface area contributed by atoms with Gasteiger partial charge in [-0.1, -0.05) is 11.6 Å². The summed E-state index contributed by atoms with van der Waals surface area (Å²) in [5, 5.41) is 13.6. The number of primary amides is 1. The van der Waals surface area contributed by atoms with E-state index in [2.05, 4.69) is 10.3 Å². The second-order valence-electron chi connectivity index (χ2n) is 5.79. The van der Waals surface area contributed by atoms with Crippen LogP contribution in [0.25, 0.3) is 10.9 Å². The molecule has 27 heavy (non-hydrogen) atoms. The Labute approximate surface area is 159 Å². The molecular formula is C19H15ClN4O3. The average Bonchev–Trinajstić information content (AvgIpc) is 2.65. The van der Waals surface area contributed by atoms with Gasteiger partial charge in [-0.2, -0.15) is 5.26 Å². The van der Waals surface area contributed by atoms with Gasteiger partial charge in [0, 0.05) is 39.8 Å². The summed E-state index contributed by atoms with van der Waals surface area (Å²) in [6.07, 6.45) is 0. The van der Waals surface area contributed by atoms with E-state index in [0.717, 1.165) is 5.39 Å². The van der Waals surface area contributed by atoms with Gasteiger partial charge in [-0.15, -0.1) is 0 Å². The molecule has 0 bridgehead atoms. The number of amides is 1. The van der Waals surface area contributed by atoms with E-state index in [9.17, 15) is 9.59 Å². The number of aromatic nitrogens is 1. The average molecular weight is 383 g/mol. The topological polar surface area (TPSA) is 121 Å². The number of hydrogen-bond donors (Lipinski definition) is 3. The van der Waals surface area contributed by atoms with Crippen molar-refractivity contribution in [3.05, 3.63) is 69.0 Å². The fourth-order valence-electron chi connectivity index (χ4n) is 2.54. The summed E-state index contributed by atoms with van der Waals surface area (Å²) < 4.78 is 5.26. The SMILES string of the molecule is N#Cc1ccc(NCc2cc3cc(Cl)ccc3[nH]c2=O)cc1OCC(N)=O. The number of aromatic amines is 1. The van der Waals surface area contributed by atoms with E-state index < -0.39 is 5.91 Å². The normalized spacial score (nSPS) is 10.4. The summed E-state index contributed by atoms with van der Waals surface area (Å²) >= 11 is 6.00. The molecule has 0 saturated heterocycles. The summed E-state index contributed by atoms with van der Waals surface area (Å²) in [6, 6.07) is 13.8. The summed E-state index contributed by atoms with van der Waals surface area (Å²) in [7, 11) is 0. The van der Waals surface area contributed by atoms with Crippen molar-refractivity contribution in [2.75, 3.05) is 11.9 Å². The number of nitrogens with one attached hydrogen (secondary N) is 2. The third-order valence-corrected chi connectivity index (χ3v) is 4.07. The van der Waals surface area contributed by atoms with Crippen LogP contribution in [0.4, 0.5) is 5.69 Å². The molecule has 1 aromatic heterocycles. The number of pyridine rings is 1. The van der Waals surface area contributed by atoms with Gasteiger partial charge >= 0.3 is 0 Å². The van der Waals surface area contributed by atoms with Crippen LogP contribution in [0, 0.1) is 11.3 Å². The quantitative estimate of drug-likeness (QED) is 0.604. The van der Waals surface area contributed by atoms with Crippen LogP contribution in [0.2, 0.25) is 5.02 Å². The molecule has 8 heteroatoms. The van der Waals surface area contributed by atoms with Crippen molar-refractivity contribution in [1.82, 2.24) is 4.98 Å². The molecule has 0 saturated carbocycles. The lowest BCUT2D eigenvalue weighted by molar-refractivity contribution is -0.119. The van der Waals surface area contributed by atoms with Crippen molar-refractivity contribution >= 4 is 34.1 Å². The standard InChI is InChI=1S/C19H15ClN4O3/c20-14-2-4-16-12(6-14)5-13(19(26)24-16)9-23-15-3-1-11(8-21)17(7-15)27-10-18(22)25/h1-7,23H,9-10H2,(H2,22,25)(H,24,26). The zero-order chi connectivity index (χ0) is 19.4. The van der Waals surface area contributed by atoms with Crippen molar-refractivity contribution < 1.29 is 9.53 Å². The number of benzene rings is 2. The van der Waals surface area contributed by atoms with Crippen LogP contribution in [-0.2, 0) is 11.3 Å². The number of halogens is 1. The van der Waals surface area contributed by atoms with E-state index in [-0.39, 0.29) is 30.0 Å². The van der Waals surface area contributed by atoms with Crippen LogP contribution in [-0.4, -0.2) is 17.5 Å². The van der Waals surface area contributed by atoms with Crippen molar-refractivity contribution in [3.63, 3.8) is 0 Å². The third-order valence-electron chi connectivity index (χ3n) is 3.84. The Morgan fingerprint density at radius 3 is 2.81 bits per heavy atom. The fourth-order valence-corrected chi connectivity index (χ4v) is 2.72. The molecule has 2 aromatic carbocycles. The number of carbonyl (C=O) groups is 1. The first-order valence-electron chi connectivity index (χ1n) is 7.97. The monoisotopic (exact) mass is 382 g/mol. The van der Waals surface area contributed by atoms with Crippen LogP contribution < -0.4 is 21.3 Å². The lowest BCUT2D eigenvalue weighted by atomic mass is 10.1. The minimum absolute atomic E-state index is 0.212. The highest BCUT2D eigenvalue weighted by Gasteiger charge is 2.08. The molecular weight excluding hydrogens is 368 g/mol. The summed E-state index contributed by atoms with van der Waals surface area (Å²) in [4.78, 5) is 25.9. The van der Waals surface area contributed by atoms with Crippen LogP contribution >= 0.6 is 11.6 Å². The van der Waals surface area contributed by atoms with Gasteiger partial charge in [-0.25, -0.2) is 0 Å². The minimum Gasteiger partial charge on any atom is -0.482 e. The van der Waals surface area contributed by atoms with E-state index in [4.69, 9.17) is 27.3 Å². The number of nitriles is 1. The van der Waals surface area contributed by atoms with Crippen molar-refractivity contribution in [1.29, 1.82) is 5.26 Å². The van der Waals surface area contributed by atoms with Crippen molar-refractivity contribution in [2.45, 2.75) is 6.54 Å². The first kappa shape index (κ1) is 18.3. The van der Waals surface area contributed by atoms with Crippen LogP contribution in [0.15, 0.2) is 47.3 Å². The van der Waals surface area contributed by atoms with Crippen LogP contribution in [0.5, 0.6) is 5.75 Å². The molecule has 0 radical (unpaired) electrons. The van der Waals surface area contributed by atoms with E-state index in [1.54, 1.807) is 42.5 Å². The van der Waals surface area contributed by atoms with Gasteiger partial charge in [0.1, 0.15) is 11.8 Å². The summed E-state index contributed by atoms with van der Waals surface area (Å²) in [5.41, 5.74) is 6.98. The van der Waals surface area contributed by atoms with Gasteiger partial charge < -0.3 is 20.8 Å². The van der Waals surface area contributed by atoms with E-state index in [0.29, 0.717) is 21.8 Å². The number of hydrogen-bond acceptors (Lipinski definition) is 5. The maximum absolute atomic E-state index is 12.2. The van der Waals surface area contributed by atoms with E-state index >= 15 is 0 Å². The summed E-state index contributed by atoms with van der Waals surface area (Å²) in [6.45, 7) is -0.0812. The molecule has 3 rings (SSSR count). The first-order chi connectivity index (χ1) is 13.0. The van der Waals surface area contributed by atoms with Crippen LogP contribution in [0.1, 0.15) is 11.1 Å². The Kier molecular flexibility index (Phi) is 5.29. The number of nitrogens with zero attached hydrogens (tertiary/aromatic N) is 1. The predicted molar refractivity (Wildman–Crippen MR) is 103 cm³/mol. The molecule has 0 aliphatic heterocycles. The van der Waals surface area contributed by atoms with Gasteiger partial charge in [-0.05, 0) is 36.4 Å². The fraction of sp³-hybridized carbons (Fsp3) is 0.105. The molecule has 0 unspecified atom stereocenters. The molecule has 7 nitrogen and oxygen atoms in total. The highest BCUT2D eigenvalue weighted by Crippen LogP contribution is 2.23. The Morgan fingerprint density at radius 2 is 2.07 bits per heavy atom. The summed E-state index contributed by atoms with van der Waals surface area (Å²) in [5.74, 6) is -0.404. The molecule has 4 N–H and O–H groups in total. The molecule has 136 valence electrons. The Hall–Kier alpha value is -3.50. The van der Waals surface area contributed by atoms with E-state index in [1.165, 1.54) is 0 Å². The second-order valence-corrected chi connectivity index (χ2v) is 6.22. The maximum Gasteiger partial charge on any atom is 0.255 e. The predicted octanol–water partition coefficient (Wildman–Crippen LogP) is 2.53. The number of carbonyl (C=O) groups excluding carboxylic acids is 1. The highest BCUT2D eigenvalue weighted by atomic mass is 35.5. The van der Waals surface area contributed by atoms with E-state index in [1.807, 2.05) is 6.07 Å². The molecule has 1 heterocycles. The second kappa shape index (κ2) is 7.81. The molecule has 0 aliphatic carbocycles. The van der Waals surface area contributed by atoms with Gasteiger partial charge in [0.25, 0.3) is 11.5 Å². The zero-order valence-electron chi connectivity index (χ0n) is 14.1. The number of ether oxygens (including phenoxy) is 1. The Bertz CT molecular complexity index is 1120. The number of fused-ring (bicyclic) bond motifs is 1. The number of anilines is 1. The minimum atomic E-state index is -0.640. The zero-order valence-corrected chi connectivity index (χ0v) is 14.8. The third kappa shape index (κ3) is 4.37.